The third kappa shape index (κ3) is 5.86. The molecule has 7 nitrogen and oxygen atoms in total. The molecule has 0 fully saturated rings. The topological polar surface area (TPSA) is 83.5 Å². The highest BCUT2D eigenvalue weighted by atomic mass is 35.5. The second-order valence-electron chi connectivity index (χ2n) is 9.09. The van der Waals surface area contributed by atoms with Gasteiger partial charge in [-0.1, -0.05) is 59.3 Å². The number of anilines is 1. The molecule has 0 spiro atoms. The predicted octanol–water partition coefficient (Wildman–Crippen LogP) is 6.32. The number of sulfonamides is 1. The minimum Gasteiger partial charge on any atom is -0.279 e. The Bertz CT molecular complexity index is 1730. The van der Waals surface area contributed by atoms with Crippen LogP contribution in [0.3, 0.4) is 0 Å². The normalized spacial score (nSPS) is 11.7. The zero-order valence-electron chi connectivity index (χ0n) is 21.3. The Labute approximate surface area is 236 Å². The maximum absolute atomic E-state index is 13.8. The van der Waals surface area contributed by atoms with Gasteiger partial charge in [-0.15, -0.1) is 0 Å². The molecule has 0 N–H and O–H groups in total. The molecule has 39 heavy (non-hydrogen) atoms. The van der Waals surface area contributed by atoms with Crippen molar-refractivity contribution in [2.45, 2.75) is 24.9 Å². The van der Waals surface area contributed by atoms with E-state index in [-0.39, 0.29) is 23.9 Å². The zero-order chi connectivity index (χ0) is 27.6. The summed E-state index contributed by atoms with van der Waals surface area (Å²) in [5, 5.41) is 1.12. The van der Waals surface area contributed by atoms with Gasteiger partial charge in [-0.3, -0.25) is 14.7 Å². The number of benzene rings is 3. The van der Waals surface area contributed by atoms with E-state index >= 15 is 0 Å². The molecule has 0 aliphatic rings. The number of carbonyl (C=O) groups excluding carboxylic acids is 1. The number of aryl methyl sites for hydroxylation is 1. The Morgan fingerprint density at radius 2 is 1.67 bits per heavy atom. The summed E-state index contributed by atoms with van der Waals surface area (Å²) in [5.41, 5.74) is 3.77. The number of fused-ring (bicyclic) bond motifs is 1. The van der Waals surface area contributed by atoms with Gasteiger partial charge in [-0.05, 0) is 66.1 Å². The maximum Gasteiger partial charge on any atom is 0.260 e. The standard InChI is InChI=1S/C29H25ClN4O3S2/c1-20-15-24(30)16-26-27(20)32-29(38-26)34(19-22-9-6-14-31-17-22)28(35)23-10-12-25(13-11-23)39(36,37)33(2)18-21-7-4-3-5-8-21/h3-17H,18-19H2,1-2H3. The van der Waals surface area contributed by atoms with E-state index in [1.807, 2.05) is 61.5 Å². The fourth-order valence-electron chi connectivity index (χ4n) is 4.19. The first-order valence-electron chi connectivity index (χ1n) is 12.1. The molecule has 0 saturated carbocycles. The smallest absolute Gasteiger partial charge is 0.260 e. The van der Waals surface area contributed by atoms with Crippen LogP contribution in [0.4, 0.5) is 5.13 Å². The van der Waals surface area contributed by atoms with Crippen molar-refractivity contribution in [1.82, 2.24) is 14.3 Å². The van der Waals surface area contributed by atoms with E-state index < -0.39 is 10.0 Å². The van der Waals surface area contributed by atoms with Gasteiger partial charge in [0, 0.05) is 36.6 Å². The third-order valence-electron chi connectivity index (χ3n) is 6.24. The van der Waals surface area contributed by atoms with Gasteiger partial charge in [0.15, 0.2) is 5.13 Å². The largest absolute Gasteiger partial charge is 0.279 e. The van der Waals surface area contributed by atoms with E-state index in [9.17, 15) is 13.2 Å². The SMILES string of the molecule is Cc1cc(Cl)cc2sc(N(Cc3cccnc3)C(=O)c3ccc(S(=O)(=O)N(C)Cc4ccccc4)cc3)nc12. The van der Waals surface area contributed by atoms with E-state index in [1.54, 1.807) is 24.3 Å². The maximum atomic E-state index is 13.8. The number of amides is 1. The quantitative estimate of drug-likeness (QED) is 0.216. The molecule has 0 aliphatic carbocycles. The monoisotopic (exact) mass is 576 g/mol. The molecule has 2 aromatic heterocycles. The Balaban J connectivity index is 1.45. The second-order valence-corrected chi connectivity index (χ2v) is 12.6. The minimum atomic E-state index is -3.75. The van der Waals surface area contributed by atoms with E-state index in [4.69, 9.17) is 16.6 Å². The number of hydrogen-bond acceptors (Lipinski definition) is 6. The molecule has 5 aromatic rings. The Morgan fingerprint density at radius 1 is 0.949 bits per heavy atom. The van der Waals surface area contributed by atoms with Gasteiger partial charge < -0.3 is 0 Å². The van der Waals surface area contributed by atoms with E-state index in [2.05, 4.69) is 4.98 Å². The molecular weight excluding hydrogens is 552 g/mol. The fourth-order valence-corrected chi connectivity index (χ4v) is 6.77. The summed E-state index contributed by atoms with van der Waals surface area (Å²) in [7, 11) is -2.21. The van der Waals surface area contributed by atoms with Crippen molar-refractivity contribution in [1.29, 1.82) is 0 Å². The Hall–Kier alpha value is -3.63. The minimum absolute atomic E-state index is 0.113. The van der Waals surface area contributed by atoms with Crippen molar-refractivity contribution in [3.63, 3.8) is 0 Å². The summed E-state index contributed by atoms with van der Waals surface area (Å²) < 4.78 is 28.5. The van der Waals surface area contributed by atoms with Gasteiger partial charge in [0.25, 0.3) is 5.91 Å². The lowest BCUT2D eigenvalue weighted by molar-refractivity contribution is 0.0985. The summed E-state index contributed by atoms with van der Waals surface area (Å²) in [6, 6.07) is 22.8. The lowest BCUT2D eigenvalue weighted by Crippen LogP contribution is -2.30. The fraction of sp³-hybridized carbons (Fsp3) is 0.138. The Kier molecular flexibility index (Phi) is 7.76. The number of thiazole rings is 1. The highest BCUT2D eigenvalue weighted by Gasteiger charge is 2.25. The van der Waals surface area contributed by atoms with Gasteiger partial charge in [-0.25, -0.2) is 13.4 Å². The van der Waals surface area contributed by atoms with E-state index in [0.717, 1.165) is 26.9 Å². The molecule has 2 heterocycles. The van der Waals surface area contributed by atoms with Crippen LogP contribution in [0, 0.1) is 6.92 Å². The van der Waals surface area contributed by atoms with Crippen LogP contribution >= 0.6 is 22.9 Å². The van der Waals surface area contributed by atoms with Gasteiger partial charge in [0.05, 0.1) is 21.7 Å². The van der Waals surface area contributed by atoms with Crippen molar-refractivity contribution >= 4 is 54.2 Å². The lowest BCUT2D eigenvalue weighted by Gasteiger charge is -2.21. The van der Waals surface area contributed by atoms with Gasteiger partial charge in [-0.2, -0.15) is 4.31 Å². The first-order valence-corrected chi connectivity index (χ1v) is 14.7. The van der Waals surface area contributed by atoms with Crippen LogP contribution in [-0.4, -0.2) is 35.6 Å². The van der Waals surface area contributed by atoms with Crippen molar-refractivity contribution < 1.29 is 13.2 Å². The number of rotatable bonds is 8. The summed E-state index contributed by atoms with van der Waals surface area (Å²) in [4.78, 5) is 24.4. The zero-order valence-corrected chi connectivity index (χ0v) is 23.7. The van der Waals surface area contributed by atoms with Crippen molar-refractivity contribution in [3.05, 3.63) is 119 Å². The van der Waals surface area contributed by atoms with Gasteiger partial charge in [0.1, 0.15) is 0 Å². The van der Waals surface area contributed by atoms with Crippen LogP contribution in [-0.2, 0) is 23.1 Å². The number of hydrogen-bond donors (Lipinski definition) is 0. The van der Waals surface area contributed by atoms with E-state index in [0.29, 0.717) is 15.7 Å². The molecule has 0 atom stereocenters. The van der Waals surface area contributed by atoms with E-state index in [1.165, 1.54) is 39.9 Å². The summed E-state index contributed by atoms with van der Waals surface area (Å²) in [6.07, 6.45) is 3.38. The number of nitrogens with zero attached hydrogens (tertiary/aromatic N) is 4. The van der Waals surface area contributed by atoms with Crippen molar-refractivity contribution in [3.8, 4) is 0 Å². The van der Waals surface area contributed by atoms with Crippen LogP contribution < -0.4 is 4.90 Å². The molecule has 3 aromatic carbocycles. The lowest BCUT2D eigenvalue weighted by atomic mass is 10.2. The molecular formula is C29H25ClN4O3S2. The summed E-state index contributed by atoms with van der Waals surface area (Å²) in [6.45, 7) is 2.42. The number of pyridine rings is 1. The predicted molar refractivity (Wildman–Crippen MR) is 156 cm³/mol. The average molecular weight is 577 g/mol. The molecule has 0 radical (unpaired) electrons. The number of carbonyl (C=O) groups is 1. The number of halogens is 1. The van der Waals surface area contributed by atoms with Crippen LogP contribution in [0.25, 0.3) is 10.2 Å². The molecule has 5 rings (SSSR count). The first-order chi connectivity index (χ1) is 18.7. The van der Waals surface area contributed by atoms with Crippen LogP contribution in [0.2, 0.25) is 5.02 Å². The van der Waals surface area contributed by atoms with Gasteiger partial charge >= 0.3 is 0 Å². The molecule has 198 valence electrons. The second kappa shape index (κ2) is 11.2. The molecule has 1 amide bonds. The highest BCUT2D eigenvalue weighted by Crippen LogP contribution is 2.34. The molecule has 0 aliphatic heterocycles. The molecule has 10 heteroatoms. The van der Waals surface area contributed by atoms with Crippen LogP contribution in [0.15, 0.2) is 96.2 Å². The van der Waals surface area contributed by atoms with Crippen LogP contribution in [0.5, 0.6) is 0 Å². The van der Waals surface area contributed by atoms with Crippen molar-refractivity contribution in [2.24, 2.45) is 0 Å². The van der Waals surface area contributed by atoms with Gasteiger partial charge in [0.2, 0.25) is 10.0 Å². The molecule has 0 bridgehead atoms. The van der Waals surface area contributed by atoms with Crippen molar-refractivity contribution in [2.75, 3.05) is 11.9 Å². The highest BCUT2D eigenvalue weighted by molar-refractivity contribution is 7.89. The van der Waals surface area contributed by atoms with Crippen LogP contribution in [0.1, 0.15) is 27.0 Å². The first kappa shape index (κ1) is 27.0. The third-order valence-corrected chi connectivity index (χ3v) is 9.30. The average Bonchev–Trinajstić information content (AvgIpc) is 3.36. The summed E-state index contributed by atoms with van der Waals surface area (Å²) in [5.74, 6) is -0.303. The Morgan fingerprint density at radius 3 is 2.36 bits per heavy atom. The molecule has 0 saturated heterocycles. The number of aromatic nitrogens is 2. The molecule has 0 unspecified atom stereocenters. The summed E-state index contributed by atoms with van der Waals surface area (Å²) >= 11 is 7.63.